The third-order valence-electron chi connectivity index (χ3n) is 8.37. The summed E-state index contributed by atoms with van der Waals surface area (Å²) in [6, 6.07) is 23.2. The molecule has 1 aromatic heterocycles. The molecular formula is C36H39Cl2N3O4. The van der Waals surface area contributed by atoms with Crippen molar-refractivity contribution in [1.82, 2.24) is 10.1 Å². The number of rotatable bonds is 11. The van der Waals surface area contributed by atoms with E-state index in [0.717, 1.165) is 50.1 Å². The number of halogens is 2. The number of aromatic nitrogens is 1. The van der Waals surface area contributed by atoms with E-state index in [1.165, 1.54) is 5.56 Å². The molecule has 1 saturated heterocycles. The first kappa shape index (κ1) is 32.7. The van der Waals surface area contributed by atoms with Crippen molar-refractivity contribution in [3.05, 3.63) is 105 Å². The molecule has 1 N–H and O–H groups in total. The molecule has 1 aliphatic rings. The SMILES string of the molecule is Cc1onc(-c2c(Cl)cccc2Cl)c1C(=O)OC(CCCN1CCC(c2cccc(NC(=O)C(C)C)c2)CC1)c1ccccc1. The number of carbonyl (C=O) groups excluding carboxylic acids is 2. The first-order valence-corrected chi connectivity index (χ1v) is 16.3. The number of carbonyl (C=O) groups is 2. The zero-order chi connectivity index (χ0) is 31.9. The van der Waals surface area contributed by atoms with Gasteiger partial charge in [-0.25, -0.2) is 4.79 Å². The third kappa shape index (κ3) is 8.15. The minimum absolute atomic E-state index is 0.0310. The summed E-state index contributed by atoms with van der Waals surface area (Å²) in [7, 11) is 0. The Labute approximate surface area is 274 Å². The van der Waals surface area contributed by atoms with Crippen LogP contribution in [0.5, 0.6) is 0 Å². The summed E-state index contributed by atoms with van der Waals surface area (Å²) in [6.07, 6.45) is 3.20. The molecule has 0 radical (unpaired) electrons. The van der Waals surface area contributed by atoms with E-state index in [0.29, 0.717) is 33.7 Å². The fraction of sp³-hybridized carbons (Fsp3) is 0.361. The first-order valence-electron chi connectivity index (χ1n) is 15.5. The van der Waals surface area contributed by atoms with Crippen molar-refractivity contribution in [2.45, 2.75) is 58.5 Å². The van der Waals surface area contributed by atoms with E-state index in [-0.39, 0.29) is 23.1 Å². The molecule has 1 fully saturated rings. The first-order chi connectivity index (χ1) is 21.7. The van der Waals surface area contributed by atoms with Crippen LogP contribution in [0.1, 0.15) is 78.8 Å². The Bertz CT molecular complexity index is 1590. The smallest absolute Gasteiger partial charge is 0.344 e. The van der Waals surface area contributed by atoms with Crippen LogP contribution in [0.3, 0.4) is 0 Å². The van der Waals surface area contributed by atoms with Gasteiger partial charge < -0.3 is 19.5 Å². The highest BCUT2D eigenvalue weighted by atomic mass is 35.5. The van der Waals surface area contributed by atoms with Crippen molar-refractivity contribution in [1.29, 1.82) is 0 Å². The summed E-state index contributed by atoms with van der Waals surface area (Å²) in [5, 5.41) is 7.88. The van der Waals surface area contributed by atoms with Crippen LogP contribution in [0.15, 0.2) is 77.3 Å². The Balaban J connectivity index is 1.20. The monoisotopic (exact) mass is 647 g/mol. The zero-order valence-electron chi connectivity index (χ0n) is 25.9. The highest BCUT2D eigenvalue weighted by molar-refractivity contribution is 6.39. The summed E-state index contributed by atoms with van der Waals surface area (Å²) in [5.41, 5.74) is 4.00. The lowest BCUT2D eigenvalue weighted by atomic mass is 9.89. The lowest BCUT2D eigenvalue weighted by Crippen LogP contribution is -2.34. The normalized spacial score (nSPS) is 14.8. The van der Waals surface area contributed by atoms with Gasteiger partial charge in [0.2, 0.25) is 5.91 Å². The summed E-state index contributed by atoms with van der Waals surface area (Å²) in [4.78, 5) is 28.3. The number of benzene rings is 3. The number of amides is 1. The molecule has 1 unspecified atom stereocenters. The number of ether oxygens (including phenoxy) is 1. The Kier molecular flexibility index (Phi) is 11.0. The molecule has 2 heterocycles. The molecule has 0 saturated carbocycles. The van der Waals surface area contributed by atoms with Gasteiger partial charge in [0.15, 0.2) is 0 Å². The van der Waals surface area contributed by atoms with Crippen LogP contribution in [0.4, 0.5) is 5.69 Å². The molecule has 9 heteroatoms. The Hall–Kier alpha value is -3.65. The van der Waals surface area contributed by atoms with Gasteiger partial charge in [-0.1, -0.05) is 90.7 Å². The number of nitrogens with zero attached hydrogens (tertiary/aromatic N) is 2. The van der Waals surface area contributed by atoms with E-state index >= 15 is 0 Å². The van der Waals surface area contributed by atoms with Gasteiger partial charge >= 0.3 is 5.97 Å². The standard InChI is InChI=1S/C36H39Cl2N3O4/c1-23(2)35(42)39-28-13-7-12-27(22-28)25-17-20-41(21-18-25)19-9-16-31(26-10-5-4-6-11-26)44-36(43)32-24(3)45-40-34(32)33-29(37)14-8-15-30(33)38/h4-8,10-15,22-23,25,31H,9,16-21H2,1-3H3,(H,39,42). The average Bonchev–Trinajstić information content (AvgIpc) is 3.42. The molecule has 1 amide bonds. The van der Waals surface area contributed by atoms with E-state index in [1.54, 1.807) is 25.1 Å². The molecule has 0 bridgehead atoms. The topological polar surface area (TPSA) is 84.7 Å². The van der Waals surface area contributed by atoms with Crippen molar-refractivity contribution in [3.63, 3.8) is 0 Å². The molecule has 3 aromatic carbocycles. The summed E-state index contributed by atoms with van der Waals surface area (Å²) >= 11 is 12.9. The number of hydrogen-bond donors (Lipinski definition) is 1. The fourth-order valence-corrected chi connectivity index (χ4v) is 6.38. The van der Waals surface area contributed by atoms with Crippen LogP contribution in [-0.4, -0.2) is 41.6 Å². The van der Waals surface area contributed by atoms with Crippen molar-refractivity contribution in [3.8, 4) is 11.3 Å². The Morgan fingerprint density at radius 2 is 1.69 bits per heavy atom. The van der Waals surface area contributed by atoms with Gasteiger partial charge in [0.05, 0.1) is 10.0 Å². The van der Waals surface area contributed by atoms with Crippen LogP contribution in [0.2, 0.25) is 10.0 Å². The maximum absolute atomic E-state index is 13.6. The van der Waals surface area contributed by atoms with Gasteiger partial charge in [-0.3, -0.25) is 4.79 Å². The van der Waals surface area contributed by atoms with E-state index in [4.69, 9.17) is 32.5 Å². The minimum atomic E-state index is -0.527. The lowest BCUT2D eigenvalue weighted by Gasteiger charge is -2.32. The van der Waals surface area contributed by atoms with Crippen molar-refractivity contribution < 1.29 is 18.8 Å². The van der Waals surface area contributed by atoms with Gasteiger partial charge in [0, 0.05) is 17.2 Å². The summed E-state index contributed by atoms with van der Waals surface area (Å²) in [6.45, 7) is 8.36. The molecule has 0 aliphatic carbocycles. The van der Waals surface area contributed by atoms with E-state index < -0.39 is 12.1 Å². The van der Waals surface area contributed by atoms with E-state index in [1.807, 2.05) is 56.3 Å². The summed E-state index contributed by atoms with van der Waals surface area (Å²) in [5.74, 6) is 0.250. The van der Waals surface area contributed by atoms with Crippen molar-refractivity contribution in [2.75, 3.05) is 25.0 Å². The maximum Gasteiger partial charge on any atom is 0.344 e. The van der Waals surface area contributed by atoms with Gasteiger partial charge in [0.25, 0.3) is 0 Å². The van der Waals surface area contributed by atoms with Gasteiger partial charge in [-0.05, 0) is 93.6 Å². The number of piperidine rings is 1. The lowest BCUT2D eigenvalue weighted by molar-refractivity contribution is -0.118. The molecule has 1 aliphatic heterocycles. The fourth-order valence-electron chi connectivity index (χ4n) is 5.80. The molecule has 5 rings (SSSR count). The molecule has 7 nitrogen and oxygen atoms in total. The third-order valence-corrected chi connectivity index (χ3v) is 9.00. The van der Waals surface area contributed by atoms with Gasteiger partial charge in [-0.2, -0.15) is 0 Å². The molecule has 1 atom stereocenters. The summed E-state index contributed by atoms with van der Waals surface area (Å²) < 4.78 is 11.6. The van der Waals surface area contributed by atoms with Crippen molar-refractivity contribution in [2.24, 2.45) is 5.92 Å². The highest BCUT2D eigenvalue weighted by Crippen LogP contribution is 2.38. The molecule has 0 spiro atoms. The van der Waals surface area contributed by atoms with Crippen LogP contribution >= 0.6 is 23.2 Å². The number of hydrogen-bond acceptors (Lipinski definition) is 6. The molecular weight excluding hydrogens is 609 g/mol. The second-order valence-corrected chi connectivity index (χ2v) is 12.7. The number of anilines is 1. The highest BCUT2D eigenvalue weighted by Gasteiger charge is 2.29. The number of likely N-dealkylation sites (tertiary alicyclic amines) is 1. The predicted octanol–water partition coefficient (Wildman–Crippen LogP) is 9.11. The molecule has 45 heavy (non-hydrogen) atoms. The maximum atomic E-state index is 13.6. The van der Waals surface area contributed by atoms with Crippen molar-refractivity contribution >= 4 is 40.8 Å². The predicted molar refractivity (Wildman–Crippen MR) is 179 cm³/mol. The average molecular weight is 649 g/mol. The second-order valence-electron chi connectivity index (χ2n) is 11.9. The van der Waals surface area contributed by atoms with Gasteiger partial charge in [-0.15, -0.1) is 0 Å². The molecule has 236 valence electrons. The number of aryl methyl sites for hydroxylation is 1. The molecule has 4 aromatic rings. The Morgan fingerprint density at radius 3 is 2.38 bits per heavy atom. The van der Waals surface area contributed by atoms with Crippen LogP contribution in [0.25, 0.3) is 11.3 Å². The van der Waals surface area contributed by atoms with E-state index in [2.05, 4.69) is 27.5 Å². The van der Waals surface area contributed by atoms with Crippen LogP contribution < -0.4 is 5.32 Å². The Morgan fingerprint density at radius 1 is 1.00 bits per heavy atom. The largest absolute Gasteiger partial charge is 0.454 e. The van der Waals surface area contributed by atoms with Crippen LogP contribution in [0, 0.1) is 12.8 Å². The number of nitrogens with one attached hydrogen (secondary N) is 1. The second kappa shape index (κ2) is 15.1. The zero-order valence-corrected chi connectivity index (χ0v) is 27.4. The van der Waals surface area contributed by atoms with Gasteiger partial charge in [0.1, 0.15) is 23.1 Å². The van der Waals surface area contributed by atoms with E-state index in [9.17, 15) is 9.59 Å². The minimum Gasteiger partial charge on any atom is -0.454 e. The quantitative estimate of drug-likeness (QED) is 0.163. The number of esters is 1. The van der Waals surface area contributed by atoms with Crippen LogP contribution in [-0.2, 0) is 9.53 Å².